The van der Waals surface area contributed by atoms with E-state index in [1.165, 1.54) is 0 Å². The molecule has 0 spiro atoms. The molecule has 1 atom stereocenters. The van der Waals surface area contributed by atoms with Crippen molar-refractivity contribution in [2.24, 2.45) is 5.73 Å². The van der Waals surface area contributed by atoms with Crippen molar-refractivity contribution in [3.05, 3.63) is 35.1 Å². The molecule has 0 aliphatic carbocycles. The second kappa shape index (κ2) is 3.79. The second-order valence-corrected chi connectivity index (χ2v) is 2.92. The fourth-order valence-corrected chi connectivity index (χ4v) is 1.14. The summed E-state index contributed by atoms with van der Waals surface area (Å²) >= 11 is 0. The highest BCUT2D eigenvalue weighted by molar-refractivity contribution is 5.24. The molecule has 0 aliphatic heterocycles. The van der Waals surface area contributed by atoms with Gasteiger partial charge in [0.15, 0.2) is 0 Å². The van der Waals surface area contributed by atoms with Crippen LogP contribution >= 0.6 is 0 Å². The molecule has 0 radical (unpaired) electrons. The molecular formula is C9H10F3N. The molecule has 0 saturated heterocycles. The number of hydrogen-bond acceptors (Lipinski definition) is 1. The van der Waals surface area contributed by atoms with E-state index in [0.29, 0.717) is 12.1 Å². The third-order valence-electron chi connectivity index (χ3n) is 1.89. The third kappa shape index (κ3) is 2.01. The van der Waals surface area contributed by atoms with Gasteiger partial charge in [0.2, 0.25) is 0 Å². The van der Waals surface area contributed by atoms with Crippen LogP contribution in [0.4, 0.5) is 13.2 Å². The zero-order valence-electron chi connectivity index (χ0n) is 7.15. The second-order valence-electron chi connectivity index (χ2n) is 2.92. The zero-order valence-corrected chi connectivity index (χ0v) is 7.15. The Kier molecular flexibility index (Phi) is 2.93. The highest BCUT2D eigenvalue weighted by Crippen LogP contribution is 2.22. The Bertz CT molecular complexity index is 289. The first-order valence-corrected chi connectivity index (χ1v) is 3.90. The van der Waals surface area contributed by atoms with E-state index in [-0.39, 0.29) is 12.1 Å². The van der Waals surface area contributed by atoms with Crippen molar-refractivity contribution in [1.82, 2.24) is 0 Å². The van der Waals surface area contributed by atoms with Gasteiger partial charge in [0, 0.05) is 17.7 Å². The quantitative estimate of drug-likeness (QED) is 0.758. The van der Waals surface area contributed by atoms with Crippen LogP contribution in [0.15, 0.2) is 12.1 Å². The van der Waals surface area contributed by atoms with Crippen molar-refractivity contribution >= 4 is 0 Å². The Morgan fingerprint density at radius 3 is 2.08 bits per heavy atom. The van der Waals surface area contributed by atoms with Gasteiger partial charge in [-0.2, -0.15) is 0 Å². The lowest BCUT2D eigenvalue weighted by Gasteiger charge is -2.10. The van der Waals surface area contributed by atoms with Crippen molar-refractivity contribution < 1.29 is 13.2 Å². The summed E-state index contributed by atoms with van der Waals surface area (Å²) in [5.41, 5.74) is 5.10. The van der Waals surface area contributed by atoms with Crippen molar-refractivity contribution in [2.45, 2.75) is 12.8 Å². The number of nitrogens with two attached hydrogens (primary N) is 1. The third-order valence-corrected chi connectivity index (χ3v) is 1.89. The lowest BCUT2D eigenvalue weighted by molar-refractivity contribution is 0.508. The summed E-state index contributed by atoms with van der Waals surface area (Å²) in [6.07, 6.45) is 0. The van der Waals surface area contributed by atoms with Gasteiger partial charge in [-0.1, -0.05) is 6.92 Å². The molecule has 0 bridgehead atoms. The minimum atomic E-state index is -0.914. The van der Waals surface area contributed by atoms with Crippen LogP contribution in [0.2, 0.25) is 0 Å². The van der Waals surface area contributed by atoms with Crippen LogP contribution in [0.5, 0.6) is 0 Å². The fourth-order valence-electron chi connectivity index (χ4n) is 1.14. The van der Waals surface area contributed by atoms with Crippen LogP contribution in [-0.2, 0) is 0 Å². The molecule has 0 fully saturated rings. The number of rotatable bonds is 2. The smallest absolute Gasteiger partial charge is 0.132 e. The van der Waals surface area contributed by atoms with E-state index in [0.717, 1.165) is 0 Å². The van der Waals surface area contributed by atoms with E-state index in [9.17, 15) is 13.2 Å². The lowest BCUT2D eigenvalue weighted by atomic mass is 10.00. The number of hydrogen-bond donors (Lipinski definition) is 1. The van der Waals surface area contributed by atoms with Crippen LogP contribution in [0.3, 0.4) is 0 Å². The molecule has 1 nitrogen and oxygen atoms in total. The van der Waals surface area contributed by atoms with E-state index in [1.54, 1.807) is 6.92 Å². The first kappa shape index (κ1) is 10.1. The van der Waals surface area contributed by atoms with Crippen molar-refractivity contribution in [3.8, 4) is 0 Å². The molecule has 0 saturated carbocycles. The SMILES string of the molecule is CC(CN)c1c(F)cc(F)cc1F. The molecule has 72 valence electrons. The summed E-state index contributed by atoms with van der Waals surface area (Å²) in [5, 5.41) is 0. The minimum Gasteiger partial charge on any atom is -0.330 e. The maximum absolute atomic E-state index is 13.0. The van der Waals surface area contributed by atoms with Crippen LogP contribution in [0.25, 0.3) is 0 Å². The van der Waals surface area contributed by atoms with E-state index >= 15 is 0 Å². The van der Waals surface area contributed by atoms with Gasteiger partial charge in [0.25, 0.3) is 0 Å². The van der Waals surface area contributed by atoms with E-state index in [4.69, 9.17) is 5.73 Å². The van der Waals surface area contributed by atoms with Crippen molar-refractivity contribution in [1.29, 1.82) is 0 Å². The molecule has 0 aromatic heterocycles. The summed E-state index contributed by atoms with van der Waals surface area (Å²) < 4.78 is 38.5. The number of halogens is 3. The van der Waals surface area contributed by atoms with E-state index < -0.39 is 23.4 Å². The highest BCUT2D eigenvalue weighted by Gasteiger charge is 2.16. The zero-order chi connectivity index (χ0) is 10.0. The predicted molar refractivity (Wildman–Crippen MR) is 43.8 cm³/mol. The molecule has 0 aliphatic rings. The minimum absolute atomic E-state index is 0.124. The molecule has 4 heteroatoms. The predicted octanol–water partition coefficient (Wildman–Crippen LogP) is 2.17. The Morgan fingerprint density at radius 2 is 1.69 bits per heavy atom. The van der Waals surface area contributed by atoms with Gasteiger partial charge >= 0.3 is 0 Å². The lowest BCUT2D eigenvalue weighted by Crippen LogP contribution is -2.12. The van der Waals surface area contributed by atoms with Gasteiger partial charge < -0.3 is 5.73 Å². The Morgan fingerprint density at radius 1 is 1.23 bits per heavy atom. The van der Waals surface area contributed by atoms with Crippen LogP contribution in [0.1, 0.15) is 18.4 Å². The molecule has 1 unspecified atom stereocenters. The Labute approximate surface area is 74.4 Å². The molecule has 1 aromatic carbocycles. The van der Waals surface area contributed by atoms with Gasteiger partial charge in [-0.15, -0.1) is 0 Å². The van der Waals surface area contributed by atoms with Crippen molar-refractivity contribution in [3.63, 3.8) is 0 Å². The van der Waals surface area contributed by atoms with Gasteiger partial charge in [0.1, 0.15) is 17.5 Å². The van der Waals surface area contributed by atoms with Crippen LogP contribution in [-0.4, -0.2) is 6.54 Å². The maximum atomic E-state index is 13.0. The van der Waals surface area contributed by atoms with E-state index in [1.807, 2.05) is 0 Å². The summed E-state index contributed by atoms with van der Waals surface area (Å²) in [4.78, 5) is 0. The normalized spacial score (nSPS) is 13.0. The summed E-state index contributed by atoms with van der Waals surface area (Å²) in [6, 6.07) is 1.31. The maximum Gasteiger partial charge on any atom is 0.132 e. The van der Waals surface area contributed by atoms with Gasteiger partial charge in [-0.25, -0.2) is 13.2 Å². The van der Waals surface area contributed by atoms with Gasteiger partial charge in [-0.05, 0) is 12.5 Å². The topological polar surface area (TPSA) is 26.0 Å². The fraction of sp³-hybridized carbons (Fsp3) is 0.333. The first-order valence-electron chi connectivity index (χ1n) is 3.90. The Balaban J connectivity index is 3.20. The molecule has 1 rings (SSSR count). The van der Waals surface area contributed by atoms with Crippen molar-refractivity contribution in [2.75, 3.05) is 6.54 Å². The monoisotopic (exact) mass is 189 g/mol. The standard InChI is InChI=1S/C9H10F3N/c1-5(4-13)9-7(11)2-6(10)3-8(9)12/h2-3,5H,4,13H2,1H3. The summed E-state index contributed by atoms with van der Waals surface area (Å²) in [5.74, 6) is -3.12. The number of benzene rings is 1. The molecule has 0 amide bonds. The molecule has 13 heavy (non-hydrogen) atoms. The largest absolute Gasteiger partial charge is 0.330 e. The van der Waals surface area contributed by atoms with Gasteiger partial charge in [0.05, 0.1) is 0 Å². The summed E-state index contributed by atoms with van der Waals surface area (Å²) in [7, 11) is 0. The first-order chi connectivity index (χ1) is 6.06. The molecule has 2 N–H and O–H groups in total. The molecule has 1 aromatic rings. The van der Waals surface area contributed by atoms with E-state index in [2.05, 4.69) is 0 Å². The average Bonchev–Trinajstić information content (AvgIpc) is 2.02. The molecular weight excluding hydrogens is 179 g/mol. The summed E-state index contributed by atoms with van der Waals surface area (Å²) in [6.45, 7) is 1.71. The highest BCUT2D eigenvalue weighted by atomic mass is 19.1. The van der Waals surface area contributed by atoms with Crippen LogP contribution < -0.4 is 5.73 Å². The van der Waals surface area contributed by atoms with Gasteiger partial charge in [-0.3, -0.25) is 0 Å². The average molecular weight is 189 g/mol. The van der Waals surface area contributed by atoms with Crippen LogP contribution in [0, 0.1) is 17.5 Å². The molecule has 0 heterocycles. The Hall–Kier alpha value is -1.03.